The molecule has 4 aromatic rings. The van der Waals surface area contributed by atoms with Crippen LogP contribution >= 0.6 is 0 Å². The quantitative estimate of drug-likeness (QED) is 0.150. The van der Waals surface area contributed by atoms with Crippen LogP contribution in [0.4, 0.5) is 0 Å². The zero-order chi connectivity index (χ0) is 37.9. The van der Waals surface area contributed by atoms with E-state index in [-0.39, 0.29) is 23.9 Å². The summed E-state index contributed by atoms with van der Waals surface area (Å²) < 4.78 is 16.1. The van der Waals surface area contributed by atoms with Crippen LogP contribution in [-0.4, -0.2) is 78.1 Å². The third-order valence-electron chi connectivity index (χ3n) is 12.4. The summed E-state index contributed by atoms with van der Waals surface area (Å²) in [5.41, 5.74) is 6.01. The van der Waals surface area contributed by atoms with Gasteiger partial charge in [0.2, 0.25) is 0 Å². The summed E-state index contributed by atoms with van der Waals surface area (Å²) in [5, 5.41) is 6.46. The third-order valence-corrected chi connectivity index (χ3v) is 12.4. The van der Waals surface area contributed by atoms with E-state index in [0.29, 0.717) is 58.6 Å². The van der Waals surface area contributed by atoms with E-state index in [4.69, 9.17) is 9.47 Å². The molecule has 4 aromatic heterocycles. The number of amides is 2. The third kappa shape index (κ3) is 8.20. The minimum atomic E-state index is -0.107. The molecular weight excluding hydrogens is 681 g/mol. The zero-order valence-corrected chi connectivity index (χ0v) is 33.1. The van der Waals surface area contributed by atoms with Crippen molar-refractivity contribution < 1.29 is 19.1 Å². The monoisotopic (exact) mass is 740 g/mol. The standard InChI is InChI=1S/2C21H30N4O2/c2*1-4-5-8-27-19-15-6-7-16(19)11-17(10-15)24-21(26)18-20-23-13(2)9-14(3)25(20)12-22-18/h2*9,12,15-17,19H,4-8,10-11H2,1-3H3,(H,24,26)/t2*15-,16+,17?,19?. The summed E-state index contributed by atoms with van der Waals surface area (Å²) in [6.45, 7) is 14.0. The van der Waals surface area contributed by atoms with E-state index < -0.39 is 0 Å². The van der Waals surface area contributed by atoms with Crippen molar-refractivity contribution in [3.63, 3.8) is 0 Å². The van der Waals surface area contributed by atoms with Crippen molar-refractivity contribution in [2.45, 2.75) is 143 Å². The predicted octanol–water partition coefficient (Wildman–Crippen LogP) is 6.90. The number of aromatic nitrogens is 6. The highest BCUT2D eigenvalue weighted by Gasteiger charge is 2.45. The summed E-state index contributed by atoms with van der Waals surface area (Å²) >= 11 is 0. The molecule has 0 aliphatic heterocycles. The summed E-state index contributed by atoms with van der Waals surface area (Å²) in [4.78, 5) is 43.5. The first-order chi connectivity index (χ1) is 26.1. The molecule has 8 atom stereocenters. The van der Waals surface area contributed by atoms with Gasteiger partial charge in [-0.2, -0.15) is 0 Å². The molecule has 292 valence electrons. The van der Waals surface area contributed by atoms with E-state index in [1.54, 1.807) is 12.7 Å². The summed E-state index contributed by atoms with van der Waals surface area (Å²) in [5.74, 6) is 2.09. The lowest BCUT2D eigenvalue weighted by Crippen LogP contribution is -2.44. The average molecular weight is 741 g/mol. The number of rotatable bonds is 12. The number of imidazole rings is 2. The summed E-state index contributed by atoms with van der Waals surface area (Å²) in [6, 6.07) is 4.41. The Hall–Kier alpha value is -3.90. The van der Waals surface area contributed by atoms with E-state index in [0.717, 1.165) is 74.5 Å². The van der Waals surface area contributed by atoms with Crippen molar-refractivity contribution in [3.8, 4) is 0 Å². The first-order valence-electron chi connectivity index (χ1n) is 20.6. The number of aryl methyl sites for hydroxylation is 4. The van der Waals surface area contributed by atoms with Gasteiger partial charge < -0.3 is 20.1 Å². The molecule has 2 N–H and O–H groups in total. The Morgan fingerprint density at radius 1 is 0.648 bits per heavy atom. The van der Waals surface area contributed by atoms with Crippen LogP contribution in [0.5, 0.6) is 0 Å². The van der Waals surface area contributed by atoms with Crippen molar-refractivity contribution in [3.05, 3.63) is 59.0 Å². The van der Waals surface area contributed by atoms with Gasteiger partial charge in [0, 0.05) is 48.1 Å². The second kappa shape index (κ2) is 16.9. The fourth-order valence-electron chi connectivity index (χ4n) is 9.84. The van der Waals surface area contributed by atoms with Crippen molar-refractivity contribution in [1.29, 1.82) is 0 Å². The van der Waals surface area contributed by atoms with Gasteiger partial charge in [-0.25, -0.2) is 19.9 Å². The molecule has 54 heavy (non-hydrogen) atoms. The van der Waals surface area contributed by atoms with Gasteiger partial charge in [0.25, 0.3) is 11.8 Å². The first kappa shape index (κ1) is 38.4. The lowest BCUT2D eigenvalue weighted by molar-refractivity contribution is -0.0263. The van der Waals surface area contributed by atoms with Crippen LogP contribution in [0, 0.1) is 51.4 Å². The fraction of sp³-hybridized carbons (Fsp3) is 0.667. The average Bonchev–Trinajstić information content (AvgIpc) is 3.87. The SMILES string of the molecule is CCCCOC1[C@@H]2CC[C@H]1CC(NC(=O)c1ncn3c(C)cc(C)nc13)C2.CCCCOC1[C@@H]2CC[C@H]1CC(NC(=O)c1ncn3c(C)cc(C)nc13)C2. The molecule has 0 aromatic carbocycles. The zero-order valence-electron chi connectivity index (χ0n) is 33.1. The molecule has 4 bridgehead atoms. The molecule has 0 spiro atoms. The summed E-state index contributed by atoms with van der Waals surface area (Å²) in [6.07, 6.45) is 17.7. The number of unbranched alkanes of at least 4 members (excludes halogenated alkanes) is 2. The van der Waals surface area contributed by atoms with Crippen LogP contribution in [0.3, 0.4) is 0 Å². The molecule has 8 rings (SSSR count). The highest BCUT2D eigenvalue weighted by Crippen LogP contribution is 2.45. The number of hydrogen-bond donors (Lipinski definition) is 2. The first-order valence-corrected chi connectivity index (χ1v) is 20.6. The molecular formula is C42H60N8O4. The number of ether oxygens (including phenoxy) is 2. The van der Waals surface area contributed by atoms with Crippen LogP contribution < -0.4 is 10.6 Å². The Bertz CT molecular complexity index is 1770. The number of carbonyl (C=O) groups is 2. The van der Waals surface area contributed by atoms with Crippen LogP contribution in [-0.2, 0) is 9.47 Å². The molecule has 4 saturated carbocycles. The second-order valence-electron chi connectivity index (χ2n) is 16.5. The van der Waals surface area contributed by atoms with Crippen LogP contribution in [0.25, 0.3) is 11.3 Å². The maximum absolute atomic E-state index is 12.9. The maximum Gasteiger partial charge on any atom is 0.274 e. The minimum Gasteiger partial charge on any atom is -0.378 e. The Kier molecular flexibility index (Phi) is 12.0. The van der Waals surface area contributed by atoms with Crippen LogP contribution in [0.2, 0.25) is 0 Å². The molecule has 4 aliphatic carbocycles. The van der Waals surface area contributed by atoms with E-state index >= 15 is 0 Å². The summed E-state index contributed by atoms with van der Waals surface area (Å²) in [7, 11) is 0. The van der Waals surface area contributed by atoms with Gasteiger partial charge in [0.1, 0.15) is 12.7 Å². The highest BCUT2D eigenvalue weighted by atomic mass is 16.5. The molecule has 4 heterocycles. The smallest absolute Gasteiger partial charge is 0.274 e. The van der Waals surface area contributed by atoms with E-state index in [9.17, 15) is 9.59 Å². The molecule has 4 unspecified atom stereocenters. The topological polar surface area (TPSA) is 137 Å². The Balaban J connectivity index is 0.000000167. The number of carbonyl (C=O) groups excluding carboxylic acids is 2. The van der Waals surface area contributed by atoms with E-state index in [2.05, 4.69) is 44.4 Å². The van der Waals surface area contributed by atoms with Crippen molar-refractivity contribution in [2.24, 2.45) is 23.7 Å². The predicted molar refractivity (Wildman–Crippen MR) is 208 cm³/mol. The number of nitrogens with zero attached hydrogens (tertiary/aromatic N) is 6. The van der Waals surface area contributed by atoms with Gasteiger partial charge in [-0.3, -0.25) is 18.4 Å². The van der Waals surface area contributed by atoms with Crippen molar-refractivity contribution in [1.82, 2.24) is 39.4 Å². The molecule has 0 radical (unpaired) electrons. The molecule has 12 heteroatoms. The van der Waals surface area contributed by atoms with Crippen molar-refractivity contribution >= 4 is 23.1 Å². The number of nitrogens with one attached hydrogen (secondary N) is 2. The largest absolute Gasteiger partial charge is 0.378 e. The highest BCUT2D eigenvalue weighted by molar-refractivity contribution is 5.98. The van der Waals surface area contributed by atoms with Gasteiger partial charge >= 0.3 is 0 Å². The van der Waals surface area contributed by atoms with Crippen molar-refractivity contribution in [2.75, 3.05) is 13.2 Å². The fourth-order valence-corrected chi connectivity index (χ4v) is 9.84. The van der Waals surface area contributed by atoms with Gasteiger partial charge in [-0.05, 0) is 128 Å². The van der Waals surface area contributed by atoms with E-state index in [1.807, 2.05) is 48.6 Å². The Morgan fingerprint density at radius 3 is 1.37 bits per heavy atom. The Labute approximate surface area is 319 Å². The molecule has 4 fully saturated rings. The molecule has 4 aliphatic rings. The van der Waals surface area contributed by atoms with Gasteiger partial charge in [0.15, 0.2) is 22.7 Å². The second-order valence-corrected chi connectivity index (χ2v) is 16.5. The van der Waals surface area contributed by atoms with Gasteiger partial charge in [-0.1, -0.05) is 26.7 Å². The van der Waals surface area contributed by atoms with Crippen LogP contribution in [0.1, 0.15) is 135 Å². The Morgan fingerprint density at radius 2 is 1.02 bits per heavy atom. The van der Waals surface area contributed by atoms with Crippen LogP contribution in [0.15, 0.2) is 24.8 Å². The lowest BCUT2D eigenvalue weighted by atomic mass is 9.82. The number of fused-ring (bicyclic) bond motifs is 6. The normalized spacial score (nSPS) is 27.2. The van der Waals surface area contributed by atoms with E-state index in [1.165, 1.54) is 38.5 Å². The molecule has 2 amide bonds. The minimum absolute atomic E-state index is 0.107. The maximum atomic E-state index is 12.9. The molecule has 12 nitrogen and oxygen atoms in total. The van der Waals surface area contributed by atoms with Gasteiger partial charge in [0.05, 0.1) is 12.2 Å². The van der Waals surface area contributed by atoms with Gasteiger partial charge in [-0.15, -0.1) is 0 Å². The molecule has 0 saturated heterocycles. The number of hydrogen-bond acceptors (Lipinski definition) is 8. The lowest BCUT2D eigenvalue weighted by Gasteiger charge is -2.35.